The summed E-state index contributed by atoms with van der Waals surface area (Å²) < 4.78 is 19.9. The molecule has 0 aliphatic heterocycles. The minimum atomic E-state index is -2.92. The molecule has 0 spiro atoms. The van der Waals surface area contributed by atoms with Gasteiger partial charge in [-0.1, -0.05) is 0 Å². The van der Waals surface area contributed by atoms with E-state index in [2.05, 4.69) is 0 Å². The third kappa shape index (κ3) is 2.29. The van der Waals surface area contributed by atoms with E-state index in [1.165, 1.54) is 32.1 Å². The molecule has 4 aliphatic carbocycles. The Morgan fingerprint density at radius 1 is 1.11 bits per heavy atom. The summed E-state index contributed by atoms with van der Waals surface area (Å²) in [4.78, 5) is 10.7. The molecule has 4 bridgehead atoms. The normalized spacial score (nSPS) is 44.8. The van der Waals surface area contributed by atoms with Crippen LogP contribution < -0.4 is 0 Å². The van der Waals surface area contributed by atoms with Gasteiger partial charge in [0.15, 0.2) is 0 Å². The second kappa shape index (κ2) is 4.22. The third-order valence-corrected chi connectivity index (χ3v) is 6.88. The summed E-state index contributed by atoms with van der Waals surface area (Å²) in [5, 5.41) is 8.73. The van der Waals surface area contributed by atoms with E-state index in [1.807, 2.05) is 0 Å². The average molecular weight is 271 g/mol. The van der Waals surface area contributed by atoms with Gasteiger partial charge in [0.05, 0.1) is 9.73 Å². The lowest BCUT2D eigenvalue weighted by atomic mass is 9.52. The van der Waals surface area contributed by atoms with Gasteiger partial charge in [-0.3, -0.25) is 9.57 Å². The van der Waals surface area contributed by atoms with Crippen molar-refractivity contribution in [3.8, 4) is 0 Å². The largest absolute Gasteiger partial charge is 0.481 e. The Morgan fingerprint density at radius 3 is 2.06 bits per heavy atom. The molecule has 0 heterocycles. The van der Waals surface area contributed by atoms with Crippen LogP contribution in [-0.2, 0) is 14.5 Å². The number of hydrogen-bond donors (Lipinski definition) is 2. The predicted octanol–water partition coefficient (Wildman–Crippen LogP) is 2.19. The van der Waals surface area contributed by atoms with Crippen molar-refractivity contribution >= 4 is 15.7 Å². The minimum Gasteiger partial charge on any atom is -0.481 e. The maximum Gasteiger partial charge on any atom is 0.317 e. The van der Waals surface area contributed by atoms with E-state index in [0.717, 1.165) is 11.8 Å². The molecule has 0 amide bonds. The fourth-order valence-corrected chi connectivity index (χ4v) is 6.56. The first-order valence-corrected chi connectivity index (χ1v) is 8.78. The summed E-state index contributed by atoms with van der Waals surface area (Å²) in [5.41, 5.74) is 0. The van der Waals surface area contributed by atoms with Gasteiger partial charge in [0, 0.05) is 5.75 Å². The fourth-order valence-electron chi connectivity index (χ4n) is 4.88. The summed E-state index contributed by atoms with van der Waals surface area (Å²) >= 11 is 0. The van der Waals surface area contributed by atoms with E-state index in [4.69, 9.17) is 9.89 Å². The van der Waals surface area contributed by atoms with Gasteiger partial charge in [0.25, 0.3) is 0 Å². The SMILES string of the molecule is N=S(=O)(CC(=O)O)CC1C2CC3CC(C2)CC1C3. The first-order valence-electron chi connectivity index (χ1n) is 6.89. The zero-order chi connectivity index (χ0) is 12.9. The van der Waals surface area contributed by atoms with Gasteiger partial charge in [-0.25, -0.2) is 4.21 Å². The molecule has 4 fully saturated rings. The van der Waals surface area contributed by atoms with Crippen LogP contribution in [0.3, 0.4) is 0 Å². The van der Waals surface area contributed by atoms with Gasteiger partial charge in [-0.15, -0.1) is 0 Å². The number of aliphatic carboxylic acids is 1. The molecule has 0 aromatic rings. The Hall–Kier alpha value is -0.580. The van der Waals surface area contributed by atoms with Crippen molar-refractivity contribution in [2.75, 3.05) is 11.5 Å². The molecule has 0 aromatic heterocycles. The van der Waals surface area contributed by atoms with E-state index in [-0.39, 0.29) is 0 Å². The topological polar surface area (TPSA) is 78.2 Å². The highest BCUT2D eigenvalue weighted by molar-refractivity contribution is 7.93. The summed E-state index contributed by atoms with van der Waals surface area (Å²) in [6.07, 6.45) is 6.33. The number of rotatable bonds is 4. The number of carbonyl (C=O) groups is 1. The molecule has 102 valence electrons. The Morgan fingerprint density at radius 2 is 1.61 bits per heavy atom. The standard InChI is InChI=1S/C13H21NO3S/c14-18(17,7-13(15)16)6-12-10-2-8-1-9(4-10)5-11(12)3-8/h8-12,14H,1-7H2,(H,15,16). The van der Waals surface area contributed by atoms with Gasteiger partial charge in [0.1, 0.15) is 5.75 Å². The molecule has 4 aliphatic rings. The third-order valence-electron chi connectivity index (χ3n) is 5.24. The second-order valence-electron chi connectivity index (χ2n) is 6.61. The van der Waals surface area contributed by atoms with Crippen LogP contribution >= 0.6 is 0 Å². The molecule has 4 saturated carbocycles. The molecule has 5 heteroatoms. The fraction of sp³-hybridized carbons (Fsp3) is 0.923. The van der Waals surface area contributed by atoms with Crippen molar-refractivity contribution in [1.82, 2.24) is 0 Å². The van der Waals surface area contributed by atoms with Gasteiger partial charge in [0.2, 0.25) is 0 Å². The molecular formula is C13H21NO3S. The second-order valence-corrected chi connectivity index (χ2v) is 8.86. The molecule has 18 heavy (non-hydrogen) atoms. The molecule has 4 nitrogen and oxygen atoms in total. The van der Waals surface area contributed by atoms with Crippen LogP contribution in [0.1, 0.15) is 32.1 Å². The van der Waals surface area contributed by atoms with Crippen LogP contribution in [0.4, 0.5) is 0 Å². The van der Waals surface area contributed by atoms with Crippen molar-refractivity contribution in [3.63, 3.8) is 0 Å². The molecular weight excluding hydrogens is 250 g/mol. The Labute approximate surface area is 108 Å². The van der Waals surface area contributed by atoms with E-state index in [1.54, 1.807) is 0 Å². The number of carboxylic acids is 1. The summed E-state index contributed by atoms with van der Waals surface area (Å²) in [6.45, 7) is 0. The number of nitrogens with one attached hydrogen (secondary N) is 1. The quantitative estimate of drug-likeness (QED) is 0.822. The summed E-state index contributed by atoms with van der Waals surface area (Å²) in [7, 11) is -2.92. The highest BCUT2D eigenvalue weighted by atomic mass is 32.2. The van der Waals surface area contributed by atoms with Crippen molar-refractivity contribution in [2.24, 2.45) is 29.6 Å². The molecule has 0 radical (unpaired) electrons. The Balaban J connectivity index is 1.72. The van der Waals surface area contributed by atoms with Crippen LogP contribution in [0, 0.1) is 34.4 Å². The molecule has 1 unspecified atom stereocenters. The van der Waals surface area contributed by atoms with Crippen LogP contribution in [0.5, 0.6) is 0 Å². The molecule has 0 saturated heterocycles. The Kier molecular flexibility index (Phi) is 2.92. The monoisotopic (exact) mass is 271 g/mol. The average Bonchev–Trinajstić information content (AvgIpc) is 2.20. The van der Waals surface area contributed by atoms with Gasteiger partial charge < -0.3 is 5.11 Å². The smallest absolute Gasteiger partial charge is 0.317 e. The van der Waals surface area contributed by atoms with E-state index in [0.29, 0.717) is 23.5 Å². The van der Waals surface area contributed by atoms with Gasteiger partial charge >= 0.3 is 5.97 Å². The van der Waals surface area contributed by atoms with Crippen molar-refractivity contribution in [3.05, 3.63) is 0 Å². The highest BCUT2D eigenvalue weighted by Crippen LogP contribution is 2.56. The molecule has 1 atom stereocenters. The molecule has 2 N–H and O–H groups in total. The lowest BCUT2D eigenvalue weighted by Crippen LogP contribution is -2.47. The predicted molar refractivity (Wildman–Crippen MR) is 68.8 cm³/mol. The maximum atomic E-state index is 12.1. The van der Waals surface area contributed by atoms with Crippen LogP contribution in [0.25, 0.3) is 0 Å². The minimum absolute atomic E-state index is 0.327. The van der Waals surface area contributed by atoms with Crippen molar-refractivity contribution in [2.45, 2.75) is 32.1 Å². The van der Waals surface area contributed by atoms with Crippen molar-refractivity contribution in [1.29, 1.82) is 4.78 Å². The highest BCUT2D eigenvalue weighted by Gasteiger charge is 2.48. The molecule has 0 aromatic carbocycles. The number of hydrogen-bond acceptors (Lipinski definition) is 3. The van der Waals surface area contributed by atoms with Gasteiger partial charge in [-0.2, -0.15) is 0 Å². The molecule has 4 rings (SSSR count). The first kappa shape index (κ1) is 12.5. The van der Waals surface area contributed by atoms with E-state index >= 15 is 0 Å². The van der Waals surface area contributed by atoms with Crippen molar-refractivity contribution < 1.29 is 14.1 Å². The first-order chi connectivity index (χ1) is 8.43. The lowest BCUT2D eigenvalue weighted by Gasteiger charge is -2.54. The lowest BCUT2D eigenvalue weighted by molar-refractivity contribution is -0.134. The summed E-state index contributed by atoms with van der Waals surface area (Å²) in [6, 6.07) is 0. The zero-order valence-electron chi connectivity index (χ0n) is 10.5. The zero-order valence-corrected chi connectivity index (χ0v) is 11.3. The summed E-state index contributed by atoms with van der Waals surface area (Å²) in [5.74, 6) is 2.10. The van der Waals surface area contributed by atoms with E-state index < -0.39 is 21.5 Å². The van der Waals surface area contributed by atoms with Gasteiger partial charge in [-0.05, 0) is 61.7 Å². The Bertz CT molecular complexity index is 429. The van der Waals surface area contributed by atoms with Crippen LogP contribution in [-0.4, -0.2) is 26.8 Å². The maximum absolute atomic E-state index is 12.1. The van der Waals surface area contributed by atoms with Crippen LogP contribution in [0.15, 0.2) is 0 Å². The van der Waals surface area contributed by atoms with E-state index in [9.17, 15) is 9.00 Å². The van der Waals surface area contributed by atoms with Crippen LogP contribution in [0.2, 0.25) is 0 Å². The number of carboxylic acid groups (broad SMARTS) is 1.